The minimum atomic E-state index is -4.67. The highest BCUT2D eigenvalue weighted by Gasteiger charge is 2.31. The molecule has 1 amide bonds. The van der Waals surface area contributed by atoms with Crippen molar-refractivity contribution in [1.29, 1.82) is 0 Å². The lowest BCUT2D eigenvalue weighted by Gasteiger charge is -2.03. The molecule has 0 fully saturated rings. The summed E-state index contributed by atoms with van der Waals surface area (Å²) in [5.74, 6) is -1.21. The van der Waals surface area contributed by atoms with Gasteiger partial charge in [0.15, 0.2) is 0 Å². The van der Waals surface area contributed by atoms with Gasteiger partial charge in [0.1, 0.15) is 5.70 Å². The molecule has 4 N–H and O–H groups in total. The third kappa shape index (κ3) is 2.95. The summed E-state index contributed by atoms with van der Waals surface area (Å²) in [6.07, 6.45) is -4.55. The molecule has 0 aromatic rings. The second-order valence-corrected chi connectivity index (χ2v) is 1.50. The Labute approximate surface area is 54.5 Å². The van der Waals surface area contributed by atoms with Crippen LogP contribution >= 0.6 is 0 Å². The monoisotopic (exact) mass is 154 g/mol. The number of amides is 1. The molecule has 0 spiro atoms. The van der Waals surface area contributed by atoms with Crippen molar-refractivity contribution in [3.63, 3.8) is 0 Å². The lowest BCUT2D eigenvalue weighted by atomic mass is 10.4. The lowest BCUT2D eigenvalue weighted by Crippen LogP contribution is -2.22. The Kier molecular flexibility index (Phi) is 2.28. The topological polar surface area (TPSA) is 69.1 Å². The Morgan fingerprint density at radius 3 is 1.80 bits per heavy atom. The molecule has 0 aliphatic heterocycles. The van der Waals surface area contributed by atoms with Gasteiger partial charge in [0.2, 0.25) is 5.91 Å². The van der Waals surface area contributed by atoms with E-state index in [-0.39, 0.29) is 6.08 Å². The maximum Gasteiger partial charge on any atom is 0.430 e. The first-order valence-electron chi connectivity index (χ1n) is 2.18. The van der Waals surface area contributed by atoms with Crippen molar-refractivity contribution in [2.45, 2.75) is 6.18 Å². The summed E-state index contributed by atoms with van der Waals surface area (Å²) in [7, 11) is 0. The highest BCUT2D eigenvalue weighted by Crippen LogP contribution is 2.20. The highest BCUT2D eigenvalue weighted by molar-refractivity contribution is 5.86. The Morgan fingerprint density at radius 2 is 1.70 bits per heavy atom. The molecule has 0 unspecified atom stereocenters. The van der Waals surface area contributed by atoms with Gasteiger partial charge in [-0.15, -0.1) is 0 Å². The highest BCUT2D eigenvalue weighted by atomic mass is 19.4. The first kappa shape index (κ1) is 8.80. The second-order valence-electron chi connectivity index (χ2n) is 1.50. The molecule has 0 aromatic heterocycles. The maximum absolute atomic E-state index is 11.4. The van der Waals surface area contributed by atoms with E-state index in [4.69, 9.17) is 0 Å². The number of rotatable bonds is 1. The van der Waals surface area contributed by atoms with Crippen molar-refractivity contribution in [2.24, 2.45) is 11.5 Å². The molecule has 0 aliphatic carbocycles. The van der Waals surface area contributed by atoms with Crippen LogP contribution in [-0.4, -0.2) is 12.1 Å². The normalized spacial score (nSPS) is 13.3. The molecule has 58 valence electrons. The van der Waals surface area contributed by atoms with Crippen molar-refractivity contribution < 1.29 is 18.0 Å². The van der Waals surface area contributed by atoms with Crippen LogP contribution < -0.4 is 11.5 Å². The fourth-order valence-electron chi connectivity index (χ4n) is 0.235. The first-order valence-corrected chi connectivity index (χ1v) is 2.18. The van der Waals surface area contributed by atoms with E-state index in [0.29, 0.717) is 0 Å². The number of halogens is 3. The van der Waals surface area contributed by atoms with Crippen molar-refractivity contribution >= 4 is 5.91 Å². The molecule has 0 aliphatic rings. The number of primary amides is 1. The van der Waals surface area contributed by atoms with Crippen LogP contribution in [0.15, 0.2) is 11.8 Å². The molecular weight excluding hydrogens is 149 g/mol. The van der Waals surface area contributed by atoms with E-state index in [1.807, 2.05) is 0 Å². The van der Waals surface area contributed by atoms with E-state index in [1.165, 1.54) is 0 Å². The molecule has 0 atom stereocenters. The molecule has 0 saturated carbocycles. The van der Waals surface area contributed by atoms with Crippen LogP contribution in [0.25, 0.3) is 0 Å². The minimum Gasteiger partial charge on any atom is -0.395 e. The van der Waals surface area contributed by atoms with Crippen LogP contribution in [0.2, 0.25) is 0 Å². The zero-order chi connectivity index (χ0) is 8.36. The molecule has 0 saturated heterocycles. The zero-order valence-corrected chi connectivity index (χ0v) is 4.77. The van der Waals surface area contributed by atoms with Gasteiger partial charge >= 0.3 is 6.18 Å². The second kappa shape index (κ2) is 2.59. The Morgan fingerprint density at radius 1 is 1.30 bits per heavy atom. The van der Waals surface area contributed by atoms with E-state index in [1.54, 1.807) is 0 Å². The first-order chi connectivity index (χ1) is 4.34. The molecule has 0 bridgehead atoms. The van der Waals surface area contributed by atoms with Crippen molar-refractivity contribution in [3.05, 3.63) is 11.8 Å². The van der Waals surface area contributed by atoms with Crippen molar-refractivity contribution in [2.75, 3.05) is 0 Å². The van der Waals surface area contributed by atoms with E-state index < -0.39 is 17.8 Å². The van der Waals surface area contributed by atoms with Gasteiger partial charge in [-0.1, -0.05) is 0 Å². The summed E-state index contributed by atoms with van der Waals surface area (Å²) in [5.41, 5.74) is 7.30. The van der Waals surface area contributed by atoms with Gasteiger partial charge in [0.05, 0.1) is 0 Å². The molecular formula is C4H5F3N2O. The van der Waals surface area contributed by atoms with Gasteiger partial charge < -0.3 is 11.5 Å². The molecule has 10 heavy (non-hydrogen) atoms. The number of alkyl halides is 3. The van der Waals surface area contributed by atoms with Crippen LogP contribution in [0.1, 0.15) is 0 Å². The maximum atomic E-state index is 11.4. The van der Waals surface area contributed by atoms with E-state index in [2.05, 4.69) is 11.5 Å². The third-order valence-corrected chi connectivity index (χ3v) is 0.625. The number of nitrogens with two attached hydrogens (primary N) is 2. The summed E-state index contributed by atoms with van der Waals surface area (Å²) in [4.78, 5) is 9.82. The molecule has 0 aromatic carbocycles. The van der Waals surface area contributed by atoms with Gasteiger partial charge in [-0.25, -0.2) is 0 Å². The number of carbonyl (C=O) groups excluding carboxylic acids is 1. The SMILES string of the molecule is NC(=O)/C=C(\N)C(F)(F)F. The van der Waals surface area contributed by atoms with Gasteiger partial charge in [-0.05, 0) is 0 Å². The van der Waals surface area contributed by atoms with Crippen LogP contribution in [0.5, 0.6) is 0 Å². The van der Waals surface area contributed by atoms with Crippen LogP contribution in [0, 0.1) is 0 Å². The number of hydrogen-bond donors (Lipinski definition) is 2. The van der Waals surface area contributed by atoms with Gasteiger partial charge in [0, 0.05) is 6.08 Å². The fourth-order valence-corrected chi connectivity index (χ4v) is 0.235. The standard InChI is InChI=1S/C4H5F3N2O/c5-4(6,7)2(8)1-3(9)10/h1H,8H2,(H2,9,10)/b2-1-. The molecule has 6 heteroatoms. The molecule has 0 heterocycles. The fraction of sp³-hybridized carbons (Fsp3) is 0.250. The summed E-state index contributed by atoms with van der Waals surface area (Å²) < 4.78 is 34.2. The molecule has 0 radical (unpaired) electrons. The zero-order valence-electron chi connectivity index (χ0n) is 4.77. The molecule has 3 nitrogen and oxygen atoms in total. The predicted octanol–water partition coefficient (Wildman–Crippen LogP) is -0.123. The average Bonchev–Trinajstić information content (AvgIpc) is 1.60. The van der Waals surface area contributed by atoms with Gasteiger partial charge in [0.25, 0.3) is 0 Å². The van der Waals surface area contributed by atoms with E-state index in [9.17, 15) is 18.0 Å². The van der Waals surface area contributed by atoms with Gasteiger partial charge in [-0.3, -0.25) is 4.79 Å². The summed E-state index contributed by atoms with van der Waals surface area (Å²) in [6, 6.07) is 0. The Bertz CT molecular complexity index is 172. The van der Waals surface area contributed by atoms with Crippen molar-refractivity contribution in [3.8, 4) is 0 Å². The number of carbonyl (C=O) groups is 1. The smallest absolute Gasteiger partial charge is 0.395 e. The number of hydrogen-bond acceptors (Lipinski definition) is 2. The van der Waals surface area contributed by atoms with Crippen LogP contribution in [0.4, 0.5) is 13.2 Å². The summed E-state index contributed by atoms with van der Waals surface area (Å²) in [6.45, 7) is 0. The predicted molar refractivity (Wildman–Crippen MR) is 27.5 cm³/mol. The summed E-state index contributed by atoms with van der Waals surface area (Å²) in [5, 5.41) is 0. The van der Waals surface area contributed by atoms with Crippen LogP contribution in [-0.2, 0) is 4.79 Å². The quantitative estimate of drug-likeness (QED) is 0.517. The van der Waals surface area contributed by atoms with Crippen LogP contribution in [0.3, 0.4) is 0 Å². The van der Waals surface area contributed by atoms with E-state index >= 15 is 0 Å². The Balaban J connectivity index is 4.35. The minimum absolute atomic E-state index is 0.125. The Hall–Kier alpha value is -1.20. The third-order valence-electron chi connectivity index (χ3n) is 0.625. The van der Waals surface area contributed by atoms with E-state index in [0.717, 1.165) is 0 Å². The van der Waals surface area contributed by atoms with Crippen molar-refractivity contribution in [1.82, 2.24) is 0 Å². The largest absolute Gasteiger partial charge is 0.430 e. The summed E-state index contributed by atoms with van der Waals surface area (Å²) >= 11 is 0. The average molecular weight is 154 g/mol. The number of allylic oxidation sites excluding steroid dienone is 1. The van der Waals surface area contributed by atoms with Gasteiger partial charge in [-0.2, -0.15) is 13.2 Å². The lowest BCUT2D eigenvalue weighted by molar-refractivity contribution is -0.115. The molecule has 0 rings (SSSR count).